The summed E-state index contributed by atoms with van der Waals surface area (Å²) in [6, 6.07) is 3.46. The van der Waals surface area contributed by atoms with Crippen LogP contribution >= 0.6 is 0 Å². The first-order valence-corrected chi connectivity index (χ1v) is 6.00. The van der Waals surface area contributed by atoms with Crippen LogP contribution in [0.5, 0.6) is 0 Å². The van der Waals surface area contributed by atoms with E-state index in [1.54, 1.807) is 12.1 Å². The highest BCUT2D eigenvalue weighted by Crippen LogP contribution is 2.16. The maximum Gasteiger partial charge on any atom is 0.148 e. The zero-order valence-electron chi connectivity index (χ0n) is 7.43. The lowest BCUT2D eigenvalue weighted by Gasteiger charge is -2.09. The SMILES string of the molecule is CS(=O)(=O)C[C@H](CN)c1ccco1. The average Bonchev–Trinajstić information content (AvgIpc) is 2.50. The second kappa shape index (κ2) is 3.93. The monoisotopic (exact) mass is 203 g/mol. The third-order valence-electron chi connectivity index (χ3n) is 1.73. The van der Waals surface area contributed by atoms with Crippen molar-refractivity contribution in [2.75, 3.05) is 18.6 Å². The van der Waals surface area contributed by atoms with E-state index in [-0.39, 0.29) is 18.2 Å². The summed E-state index contributed by atoms with van der Waals surface area (Å²) in [5.74, 6) is 0.440. The first-order valence-electron chi connectivity index (χ1n) is 3.94. The van der Waals surface area contributed by atoms with E-state index >= 15 is 0 Å². The molecule has 0 aliphatic heterocycles. The van der Waals surface area contributed by atoms with Gasteiger partial charge in [0, 0.05) is 18.7 Å². The molecule has 1 heterocycles. The van der Waals surface area contributed by atoms with Gasteiger partial charge in [-0.15, -0.1) is 0 Å². The third kappa shape index (κ3) is 3.20. The summed E-state index contributed by atoms with van der Waals surface area (Å²) in [4.78, 5) is 0. The third-order valence-corrected chi connectivity index (χ3v) is 2.74. The van der Waals surface area contributed by atoms with Gasteiger partial charge in [0.2, 0.25) is 0 Å². The predicted octanol–water partition coefficient (Wildman–Crippen LogP) is 0.367. The number of rotatable bonds is 4. The number of sulfone groups is 1. The quantitative estimate of drug-likeness (QED) is 0.767. The zero-order valence-corrected chi connectivity index (χ0v) is 8.25. The van der Waals surface area contributed by atoms with Crippen LogP contribution in [0, 0.1) is 0 Å². The van der Waals surface area contributed by atoms with Crippen molar-refractivity contribution in [1.29, 1.82) is 0 Å². The van der Waals surface area contributed by atoms with Gasteiger partial charge in [-0.05, 0) is 12.1 Å². The van der Waals surface area contributed by atoms with E-state index in [0.717, 1.165) is 0 Å². The molecule has 5 heteroatoms. The molecule has 74 valence electrons. The highest BCUT2D eigenvalue weighted by atomic mass is 32.2. The Morgan fingerprint density at radius 3 is 2.69 bits per heavy atom. The largest absolute Gasteiger partial charge is 0.469 e. The highest BCUT2D eigenvalue weighted by molar-refractivity contribution is 7.90. The summed E-state index contributed by atoms with van der Waals surface area (Å²) in [5, 5.41) is 0. The summed E-state index contributed by atoms with van der Waals surface area (Å²) < 4.78 is 27.1. The van der Waals surface area contributed by atoms with Gasteiger partial charge in [0.1, 0.15) is 15.6 Å². The van der Waals surface area contributed by atoms with Gasteiger partial charge in [-0.2, -0.15) is 0 Å². The van der Waals surface area contributed by atoms with Crippen LogP contribution in [0.3, 0.4) is 0 Å². The zero-order chi connectivity index (χ0) is 9.90. The average molecular weight is 203 g/mol. The van der Waals surface area contributed by atoms with Gasteiger partial charge in [-0.1, -0.05) is 0 Å². The molecule has 13 heavy (non-hydrogen) atoms. The predicted molar refractivity (Wildman–Crippen MR) is 50.2 cm³/mol. The van der Waals surface area contributed by atoms with E-state index in [9.17, 15) is 8.42 Å². The number of furan rings is 1. The van der Waals surface area contributed by atoms with E-state index < -0.39 is 9.84 Å². The number of hydrogen-bond acceptors (Lipinski definition) is 4. The minimum absolute atomic E-state index is 0.0387. The Bertz CT molecular complexity index is 341. The van der Waals surface area contributed by atoms with Crippen molar-refractivity contribution >= 4 is 9.84 Å². The lowest BCUT2D eigenvalue weighted by Crippen LogP contribution is -2.20. The molecule has 1 rings (SSSR count). The van der Waals surface area contributed by atoms with Crippen LogP contribution in [0.25, 0.3) is 0 Å². The minimum atomic E-state index is -3.00. The van der Waals surface area contributed by atoms with Crippen LogP contribution in [-0.2, 0) is 9.84 Å². The Kier molecular flexibility index (Phi) is 3.11. The van der Waals surface area contributed by atoms with Gasteiger partial charge >= 0.3 is 0 Å². The topological polar surface area (TPSA) is 73.3 Å². The summed E-state index contributed by atoms with van der Waals surface area (Å²) >= 11 is 0. The van der Waals surface area contributed by atoms with Crippen molar-refractivity contribution < 1.29 is 12.8 Å². The van der Waals surface area contributed by atoms with E-state index in [1.807, 2.05) is 0 Å². The fraction of sp³-hybridized carbons (Fsp3) is 0.500. The van der Waals surface area contributed by atoms with Gasteiger partial charge in [0.05, 0.1) is 12.0 Å². The summed E-state index contributed by atoms with van der Waals surface area (Å²) in [5.41, 5.74) is 5.45. The second-order valence-electron chi connectivity index (χ2n) is 3.04. The Hall–Kier alpha value is -0.810. The Balaban J connectivity index is 2.76. The van der Waals surface area contributed by atoms with Crippen molar-refractivity contribution in [1.82, 2.24) is 0 Å². The molecular weight excluding hydrogens is 190 g/mol. The van der Waals surface area contributed by atoms with Gasteiger partial charge < -0.3 is 10.2 Å². The molecule has 0 saturated heterocycles. The molecule has 2 N–H and O–H groups in total. The molecule has 0 unspecified atom stereocenters. The van der Waals surface area contributed by atoms with Crippen molar-refractivity contribution in [3.8, 4) is 0 Å². The molecule has 0 bridgehead atoms. The molecule has 0 saturated carbocycles. The van der Waals surface area contributed by atoms with E-state index in [1.165, 1.54) is 12.5 Å². The molecule has 1 aromatic rings. The number of hydrogen-bond donors (Lipinski definition) is 1. The molecule has 0 spiro atoms. The first-order chi connectivity index (χ1) is 6.03. The summed E-state index contributed by atoms with van der Waals surface area (Å²) in [6.07, 6.45) is 2.71. The Labute approximate surface area is 77.7 Å². The fourth-order valence-electron chi connectivity index (χ4n) is 1.16. The molecule has 4 nitrogen and oxygen atoms in total. The van der Waals surface area contributed by atoms with Crippen LogP contribution in [0.1, 0.15) is 11.7 Å². The summed E-state index contributed by atoms with van der Waals surface area (Å²) in [7, 11) is -3.00. The molecule has 1 aromatic heterocycles. The molecule has 0 aliphatic rings. The molecule has 0 aliphatic carbocycles. The molecule has 0 amide bonds. The van der Waals surface area contributed by atoms with Gasteiger partial charge in [-0.25, -0.2) is 8.42 Å². The lowest BCUT2D eigenvalue weighted by atomic mass is 10.1. The highest BCUT2D eigenvalue weighted by Gasteiger charge is 2.17. The normalized spacial score (nSPS) is 14.3. The van der Waals surface area contributed by atoms with Crippen molar-refractivity contribution in [2.45, 2.75) is 5.92 Å². The van der Waals surface area contributed by atoms with Crippen LogP contribution in [0.2, 0.25) is 0 Å². The Morgan fingerprint density at radius 1 is 1.62 bits per heavy atom. The van der Waals surface area contributed by atoms with E-state index in [4.69, 9.17) is 10.2 Å². The molecular formula is C8H13NO3S. The molecule has 0 radical (unpaired) electrons. The second-order valence-corrected chi connectivity index (χ2v) is 5.23. The smallest absolute Gasteiger partial charge is 0.148 e. The molecule has 0 aromatic carbocycles. The fourth-order valence-corrected chi connectivity index (χ4v) is 2.19. The van der Waals surface area contributed by atoms with E-state index in [2.05, 4.69) is 0 Å². The van der Waals surface area contributed by atoms with Crippen molar-refractivity contribution in [3.05, 3.63) is 24.2 Å². The lowest BCUT2D eigenvalue weighted by molar-refractivity contribution is 0.475. The number of nitrogens with two attached hydrogens (primary N) is 1. The summed E-state index contributed by atoms with van der Waals surface area (Å²) in [6.45, 7) is 0.278. The van der Waals surface area contributed by atoms with Gasteiger partial charge in [0.25, 0.3) is 0 Å². The van der Waals surface area contributed by atoms with Crippen LogP contribution in [0.4, 0.5) is 0 Å². The maximum absolute atomic E-state index is 11.0. The van der Waals surface area contributed by atoms with Crippen molar-refractivity contribution in [3.63, 3.8) is 0 Å². The van der Waals surface area contributed by atoms with Crippen LogP contribution in [0.15, 0.2) is 22.8 Å². The Morgan fingerprint density at radius 2 is 2.31 bits per heavy atom. The minimum Gasteiger partial charge on any atom is -0.469 e. The van der Waals surface area contributed by atoms with E-state index in [0.29, 0.717) is 5.76 Å². The maximum atomic E-state index is 11.0. The van der Waals surface area contributed by atoms with Crippen LogP contribution in [-0.4, -0.2) is 27.0 Å². The van der Waals surface area contributed by atoms with Gasteiger partial charge in [-0.3, -0.25) is 0 Å². The van der Waals surface area contributed by atoms with Crippen molar-refractivity contribution in [2.24, 2.45) is 5.73 Å². The first kappa shape index (κ1) is 10.3. The van der Waals surface area contributed by atoms with Gasteiger partial charge in [0.15, 0.2) is 0 Å². The standard InChI is InChI=1S/C8H13NO3S/c1-13(10,11)6-7(5-9)8-3-2-4-12-8/h2-4,7H,5-6,9H2,1H3/t7-/m0/s1. The van der Waals surface area contributed by atoms with Crippen LogP contribution < -0.4 is 5.73 Å². The molecule has 0 fully saturated rings. The molecule has 1 atom stereocenters.